The molecule has 0 aliphatic carbocycles. The van der Waals surface area contributed by atoms with Gasteiger partial charge in [0, 0.05) is 24.9 Å². The average Bonchev–Trinajstić information content (AvgIpc) is 2.71. The molecule has 0 radical (unpaired) electrons. The Morgan fingerprint density at radius 3 is 2.85 bits per heavy atom. The highest BCUT2D eigenvalue weighted by atomic mass is 32.2. The first-order valence-corrected chi connectivity index (χ1v) is 7.71. The van der Waals surface area contributed by atoms with Crippen LogP contribution in [0, 0.1) is 11.6 Å². The predicted molar refractivity (Wildman–Crippen MR) is 75.0 cm³/mol. The van der Waals surface area contributed by atoms with Gasteiger partial charge in [0.15, 0.2) is 17.7 Å². The molecule has 1 aromatic carbocycles. The molecule has 0 aromatic heterocycles. The van der Waals surface area contributed by atoms with Crippen molar-refractivity contribution in [1.82, 2.24) is 4.90 Å². The molecule has 6 heteroatoms. The summed E-state index contributed by atoms with van der Waals surface area (Å²) in [6.45, 7) is 3.05. The summed E-state index contributed by atoms with van der Waals surface area (Å²) in [5, 5.41) is 0. The minimum Gasteiger partial charge on any atom is -0.481 e. The van der Waals surface area contributed by atoms with Crippen molar-refractivity contribution in [3.05, 3.63) is 29.8 Å². The number of thioether (sulfide) groups is 1. The molecule has 110 valence electrons. The smallest absolute Gasteiger partial charge is 0.263 e. The van der Waals surface area contributed by atoms with Crippen molar-refractivity contribution >= 4 is 17.7 Å². The van der Waals surface area contributed by atoms with Crippen LogP contribution in [-0.2, 0) is 4.79 Å². The van der Waals surface area contributed by atoms with Crippen LogP contribution in [0.1, 0.15) is 13.3 Å². The molecule has 3 nitrogen and oxygen atoms in total. The minimum absolute atomic E-state index is 0.114. The standard InChI is InChI=1S/C14H17F2NO2S/c1-10(14(18)17-5-2-7-20-8-6-17)19-11-3-4-12(15)13(16)9-11/h3-4,9-10H,2,5-8H2,1H3/t10-/m1/s1. The van der Waals surface area contributed by atoms with Gasteiger partial charge >= 0.3 is 0 Å². The summed E-state index contributed by atoms with van der Waals surface area (Å²) in [5.74, 6) is 0.117. The summed E-state index contributed by atoms with van der Waals surface area (Å²) in [4.78, 5) is 14.0. The second-order valence-corrected chi connectivity index (χ2v) is 5.85. The first-order chi connectivity index (χ1) is 9.58. The molecule has 1 fully saturated rings. The maximum absolute atomic E-state index is 13.1. The van der Waals surface area contributed by atoms with E-state index in [1.807, 2.05) is 11.8 Å². The predicted octanol–water partition coefficient (Wildman–Crippen LogP) is 2.70. The molecule has 1 aliphatic heterocycles. The lowest BCUT2D eigenvalue weighted by Gasteiger charge is -2.24. The van der Waals surface area contributed by atoms with Gasteiger partial charge < -0.3 is 9.64 Å². The van der Waals surface area contributed by atoms with E-state index in [0.29, 0.717) is 6.54 Å². The Morgan fingerprint density at radius 1 is 1.30 bits per heavy atom. The van der Waals surface area contributed by atoms with Gasteiger partial charge in [0.2, 0.25) is 0 Å². The van der Waals surface area contributed by atoms with Gasteiger partial charge in [0.05, 0.1) is 0 Å². The third-order valence-corrected chi connectivity index (χ3v) is 4.13. The van der Waals surface area contributed by atoms with E-state index in [0.717, 1.165) is 36.6 Å². The second kappa shape index (κ2) is 6.92. The number of halogens is 2. The second-order valence-electron chi connectivity index (χ2n) is 4.63. The van der Waals surface area contributed by atoms with Gasteiger partial charge in [0.25, 0.3) is 5.91 Å². The van der Waals surface area contributed by atoms with Crippen molar-refractivity contribution in [2.24, 2.45) is 0 Å². The molecule has 1 aromatic rings. The van der Waals surface area contributed by atoms with E-state index in [-0.39, 0.29) is 11.7 Å². The average molecular weight is 301 g/mol. The Hall–Kier alpha value is -1.30. The van der Waals surface area contributed by atoms with Crippen LogP contribution in [0.15, 0.2) is 18.2 Å². The first kappa shape index (κ1) is 15.1. The maximum Gasteiger partial charge on any atom is 0.263 e. The van der Waals surface area contributed by atoms with Crippen molar-refractivity contribution in [1.29, 1.82) is 0 Å². The third-order valence-electron chi connectivity index (χ3n) is 3.09. The fourth-order valence-electron chi connectivity index (χ4n) is 2.03. The highest BCUT2D eigenvalue weighted by molar-refractivity contribution is 7.99. The summed E-state index contributed by atoms with van der Waals surface area (Å²) in [6, 6.07) is 3.27. The zero-order valence-electron chi connectivity index (χ0n) is 11.3. The molecule has 2 rings (SSSR count). The quantitative estimate of drug-likeness (QED) is 0.860. The molecule has 1 atom stereocenters. The molecule has 0 spiro atoms. The summed E-state index contributed by atoms with van der Waals surface area (Å²) in [7, 11) is 0. The Morgan fingerprint density at radius 2 is 2.10 bits per heavy atom. The number of hydrogen-bond donors (Lipinski definition) is 0. The summed E-state index contributed by atoms with van der Waals surface area (Å²) < 4.78 is 31.3. The fraction of sp³-hybridized carbons (Fsp3) is 0.500. The van der Waals surface area contributed by atoms with Crippen molar-refractivity contribution in [3.8, 4) is 5.75 Å². The number of nitrogens with zero attached hydrogens (tertiary/aromatic N) is 1. The molecule has 20 heavy (non-hydrogen) atoms. The van der Waals surface area contributed by atoms with Crippen molar-refractivity contribution < 1.29 is 18.3 Å². The summed E-state index contributed by atoms with van der Waals surface area (Å²) >= 11 is 1.83. The molecule has 0 unspecified atom stereocenters. The Labute approximate surface area is 121 Å². The highest BCUT2D eigenvalue weighted by Crippen LogP contribution is 2.18. The molecular weight excluding hydrogens is 284 g/mol. The SMILES string of the molecule is C[C@@H](Oc1ccc(F)c(F)c1)C(=O)N1CCCSCC1. The van der Waals surface area contributed by atoms with Crippen LogP contribution in [0.5, 0.6) is 5.75 Å². The van der Waals surface area contributed by atoms with Crippen LogP contribution >= 0.6 is 11.8 Å². The Balaban J connectivity index is 1.97. The van der Waals surface area contributed by atoms with Crippen LogP contribution in [0.4, 0.5) is 8.78 Å². The third kappa shape index (κ3) is 3.85. The number of ether oxygens (including phenoxy) is 1. The number of amides is 1. The maximum atomic E-state index is 13.1. The van der Waals surface area contributed by atoms with Crippen LogP contribution in [0.2, 0.25) is 0 Å². The lowest BCUT2D eigenvalue weighted by Crippen LogP contribution is -2.41. The fourth-order valence-corrected chi connectivity index (χ4v) is 2.92. The normalized spacial score (nSPS) is 17.4. The lowest BCUT2D eigenvalue weighted by atomic mass is 10.3. The van der Waals surface area contributed by atoms with E-state index < -0.39 is 17.7 Å². The lowest BCUT2D eigenvalue weighted by molar-refractivity contribution is -0.137. The summed E-state index contributed by atoms with van der Waals surface area (Å²) in [6.07, 6.45) is 0.261. The molecule has 1 aliphatic rings. The van der Waals surface area contributed by atoms with E-state index in [2.05, 4.69) is 0 Å². The van der Waals surface area contributed by atoms with E-state index in [1.165, 1.54) is 6.07 Å². The van der Waals surface area contributed by atoms with Crippen molar-refractivity contribution in [2.75, 3.05) is 24.6 Å². The molecular formula is C14H17F2NO2S. The van der Waals surface area contributed by atoms with E-state index >= 15 is 0 Å². The summed E-state index contributed by atoms with van der Waals surface area (Å²) in [5.41, 5.74) is 0. The van der Waals surface area contributed by atoms with Crippen molar-refractivity contribution in [3.63, 3.8) is 0 Å². The van der Waals surface area contributed by atoms with Gasteiger partial charge in [-0.2, -0.15) is 11.8 Å². The van der Waals surface area contributed by atoms with Gasteiger partial charge in [-0.1, -0.05) is 0 Å². The molecule has 0 bridgehead atoms. The molecule has 1 saturated heterocycles. The molecule has 0 saturated carbocycles. The van der Waals surface area contributed by atoms with Gasteiger partial charge in [-0.15, -0.1) is 0 Å². The largest absolute Gasteiger partial charge is 0.481 e. The zero-order valence-corrected chi connectivity index (χ0v) is 12.1. The Kier molecular flexibility index (Phi) is 5.23. The molecule has 0 N–H and O–H groups in total. The van der Waals surface area contributed by atoms with Gasteiger partial charge in [-0.3, -0.25) is 4.79 Å². The van der Waals surface area contributed by atoms with E-state index in [9.17, 15) is 13.6 Å². The number of carbonyl (C=O) groups excluding carboxylic acids is 1. The topological polar surface area (TPSA) is 29.5 Å². The first-order valence-electron chi connectivity index (χ1n) is 6.56. The highest BCUT2D eigenvalue weighted by Gasteiger charge is 2.23. The van der Waals surface area contributed by atoms with E-state index in [1.54, 1.807) is 11.8 Å². The van der Waals surface area contributed by atoms with Gasteiger partial charge in [-0.05, 0) is 31.2 Å². The minimum atomic E-state index is -0.978. The number of benzene rings is 1. The monoisotopic (exact) mass is 301 g/mol. The zero-order chi connectivity index (χ0) is 14.5. The Bertz CT molecular complexity index is 476. The van der Waals surface area contributed by atoms with Crippen LogP contribution in [-0.4, -0.2) is 41.5 Å². The molecule has 1 amide bonds. The van der Waals surface area contributed by atoms with E-state index in [4.69, 9.17) is 4.74 Å². The van der Waals surface area contributed by atoms with Gasteiger partial charge in [0.1, 0.15) is 5.75 Å². The number of hydrogen-bond acceptors (Lipinski definition) is 3. The van der Waals surface area contributed by atoms with Crippen molar-refractivity contribution in [2.45, 2.75) is 19.4 Å². The number of rotatable bonds is 3. The van der Waals surface area contributed by atoms with Gasteiger partial charge in [-0.25, -0.2) is 8.78 Å². The molecule has 1 heterocycles. The van der Waals surface area contributed by atoms with Crippen LogP contribution in [0.3, 0.4) is 0 Å². The van der Waals surface area contributed by atoms with Crippen LogP contribution in [0.25, 0.3) is 0 Å². The van der Waals surface area contributed by atoms with Crippen LogP contribution < -0.4 is 4.74 Å². The number of carbonyl (C=O) groups is 1.